The van der Waals surface area contributed by atoms with Crippen LogP contribution in [0.2, 0.25) is 0 Å². The zero-order valence-electron chi connectivity index (χ0n) is 8.98. The molecule has 1 aliphatic rings. The molecule has 3 N–H and O–H groups in total. The zero-order chi connectivity index (χ0) is 11.4. The van der Waals surface area contributed by atoms with Gasteiger partial charge in [-0.05, 0) is 25.0 Å². The van der Waals surface area contributed by atoms with Crippen molar-refractivity contribution in [3.8, 4) is 0 Å². The molecule has 16 heavy (non-hydrogen) atoms. The molecule has 0 radical (unpaired) electrons. The first kappa shape index (κ1) is 10.9. The highest BCUT2D eigenvalue weighted by atomic mass is 16.5. The van der Waals surface area contributed by atoms with Gasteiger partial charge in [0.1, 0.15) is 5.69 Å². The van der Waals surface area contributed by atoms with E-state index in [1.165, 1.54) is 6.20 Å². The fraction of sp³-hybridized carbons (Fsp3) is 0.455. The molecule has 1 amide bonds. The van der Waals surface area contributed by atoms with E-state index in [0.717, 1.165) is 19.4 Å². The predicted molar refractivity (Wildman–Crippen MR) is 60.0 cm³/mol. The minimum absolute atomic E-state index is 0.144. The lowest BCUT2D eigenvalue weighted by Gasteiger charge is -2.10. The molecule has 0 saturated carbocycles. The summed E-state index contributed by atoms with van der Waals surface area (Å²) in [7, 11) is 0. The number of pyridine rings is 1. The van der Waals surface area contributed by atoms with Gasteiger partial charge in [0.05, 0.1) is 6.10 Å². The van der Waals surface area contributed by atoms with E-state index in [2.05, 4.69) is 10.3 Å². The lowest BCUT2D eigenvalue weighted by Crippen LogP contribution is -2.32. The van der Waals surface area contributed by atoms with Gasteiger partial charge in [-0.15, -0.1) is 0 Å². The van der Waals surface area contributed by atoms with Crippen LogP contribution >= 0.6 is 0 Å². The maximum absolute atomic E-state index is 11.7. The number of nitrogens with zero attached hydrogens (tertiary/aromatic N) is 1. The summed E-state index contributed by atoms with van der Waals surface area (Å²) >= 11 is 0. The largest absolute Gasteiger partial charge is 0.399 e. The molecule has 0 bridgehead atoms. The summed E-state index contributed by atoms with van der Waals surface area (Å²) in [5.74, 6) is -0.206. The van der Waals surface area contributed by atoms with Crippen LogP contribution in [0.1, 0.15) is 23.3 Å². The minimum Gasteiger partial charge on any atom is -0.399 e. The number of hydrogen-bond acceptors (Lipinski definition) is 4. The van der Waals surface area contributed by atoms with Crippen LogP contribution in [0.5, 0.6) is 0 Å². The molecule has 5 nitrogen and oxygen atoms in total. The first-order valence-corrected chi connectivity index (χ1v) is 5.37. The summed E-state index contributed by atoms with van der Waals surface area (Å²) in [6.45, 7) is 1.33. The number of nitrogens with two attached hydrogens (primary N) is 1. The van der Waals surface area contributed by atoms with E-state index in [1.54, 1.807) is 12.1 Å². The molecule has 1 unspecified atom stereocenters. The summed E-state index contributed by atoms with van der Waals surface area (Å²) in [5, 5.41) is 2.79. The van der Waals surface area contributed by atoms with Crippen LogP contribution in [0.4, 0.5) is 5.69 Å². The third-order valence-corrected chi connectivity index (χ3v) is 2.53. The van der Waals surface area contributed by atoms with Gasteiger partial charge in [-0.1, -0.05) is 0 Å². The fourth-order valence-electron chi connectivity index (χ4n) is 1.67. The number of ether oxygens (including phenoxy) is 1. The van der Waals surface area contributed by atoms with Crippen molar-refractivity contribution in [3.05, 3.63) is 24.0 Å². The predicted octanol–water partition coefficient (Wildman–Crippen LogP) is 0.573. The van der Waals surface area contributed by atoms with Gasteiger partial charge in [-0.2, -0.15) is 0 Å². The Morgan fingerprint density at radius 1 is 1.69 bits per heavy atom. The Balaban J connectivity index is 1.87. The summed E-state index contributed by atoms with van der Waals surface area (Å²) in [5.41, 5.74) is 6.45. The van der Waals surface area contributed by atoms with Crippen LogP contribution < -0.4 is 11.1 Å². The Kier molecular flexibility index (Phi) is 3.36. The standard InChI is InChI=1S/C11H15N3O2/c12-8-3-4-13-10(6-8)11(15)14-7-9-2-1-5-16-9/h3-4,6,9H,1-2,5,7H2,(H2,12,13)(H,14,15). The molecule has 1 fully saturated rings. The maximum Gasteiger partial charge on any atom is 0.270 e. The van der Waals surface area contributed by atoms with Gasteiger partial charge >= 0.3 is 0 Å². The minimum atomic E-state index is -0.206. The van der Waals surface area contributed by atoms with E-state index in [0.29, 0.717) is 17.9 Å². The van der Waals surface area contributed by atoms with Crippen molar-refractivity contribution in [2.24, 2.45) is 0 Å². The molecular weight excluding hydrogens is 206 g/mol. The van der Waals surface area contributed by atoms with E-state index < -0.39 is 0 Å². The first-order valence-electron chi connectivity index (χ1n) is 5.37. The summed E-state index contributed by atoms with van der Waals surface area (Å²) in [6, 6.07) is 3.21. The highest BCUT2D eigenvalue weighted by molar-refractivity contribution is 5.92. The quantitative estimate of drug-likeness (QED) is 0.782. The number of hydrogen-bond donors (Lipinski definition) is 2. The second-order valence-electron chi connectivity index (χ2n) is 3.82. The first-order chi connectivity index (χ1) is 7.75. The second kappa shape index (κ2) is 4.94. The van der Waals surface area contributed by atoms with E-state index in [4.69, 9.17) is 10.5 Å². The van der Waals surface area contributed by atoms with Gasteiger partial charge < -0.3 is 15.8 Å². The molecule has 0 aromatic carbocycles. The molecule has 0 aliphatic carbocycles. The number of rotatable bonds is 3. The molecular formula is C11H15N3O2. The molecule has 2 heterocycles. The molecule has 86 valence electrons. The Morgan fingerprint density at radius 2 is 2.56 bits per heavy atom. The van der Waals surface area contributed by atoms with E-state index >= 15 is 0 Å². The van der Waals surface area contributed by atoms with Gasteiger partial charge in [0.15, 0.2) is 0 Å². The molecule has 1 saturated heterocycles. The van der Waals surface area contributed by atoms with Gasteiger partial charge in [0.2, 0.25) is 0 Å². The van der Waals surface area contributed by atoms with Crippen LogP contribution in [-0.2, 0) is 4.74 Å². The van der Waals surface area contributed by atoms with Crippen molar-refractivity contribution in [1.29, 1.82) is 0 Å². The highest BCUT2D eigenvalue weighted by Crippen LogP contribution is 2.10. The van der Waals surface area contributed by atoms with Crippen LogP contribution in [0, 0.1) is 0 Å². The number of nitrogen functional groups attached to an aromatic ring is 1. The number of anilines is 1. The van der Waals surface area contributed by atoms with Crippen molar-refractivity contribution >= 4 is 11.6 Å². The summed E-state index contributed by atoms with van der Waals surface area (Å²) in [4.78, 5) is 15.6. The Hall–Kier alpha value is -1.62. The van der Waals surface area contributed by atoms with Gasteiger partial charge in [-0.3, -0.25) is 9.78 Å². The average Bonchev–Trinajstić information content (AvgIpc) is 2.78. The van der Waals surface area contributed by atoms with Gasteiger partial charge in [-0.25, -0.2) is 0 Å². The smallest absolute Gasteiger partial charge is 0.270 e. The van der Waals surface area contributed by atoms with E-state index in [9.17, 15) is 4.79 Å². The maximum atomic E-state index is 11.7. The number of nitrogens with one attached hydrogen (secondary N) is 1. The topological polar surface area (TPSA) is 77.2 Å². The van der Waals surface area contributed by atoms with E-state index in [-0.39, 0.29) is 12.0 Å². The SMILES string of the molecule is Nc1ccnc(C(=O)NCC2CCCO2)c1. The molecule has 1 aromatic rings. The molecule has 0 spiro atoms. The van der Waals surface area contributed by atoms with Crippen LogP contribution in [0.15, 0.2) is 18.3 Å². The van der Waals surface area contributed by atoms with Crippen LogP contribution in [0.3, 0.4) is 0 Å². The summed E-state index contributed by atoms with van der Waals surface area (Å²) in [6.07, 6.45) is 3.74. The van der Waals surface area contributed by atoms with E-state index in [1.807, 2.05) is 0 Å². The Bertz CT molecular complexity index is 375. The second-order valence-corrected chi connectivity index (χ2v) is 3.82. The Morgan fingerprint density at radius 3 is 3.25 bits per heavy atom. The molecule has 2 rings (SSSR count). The van der Waals surface area contributed by atoms with Gasteiger partial charge in [0, 0.05) is 25.0 Å². The van der Waals surface area contributed by atoms with Crippen molar-refractivity contribution in [2.45, 2.75) is 18.9 Å². The van der Waals surface area contributed by atoms with Crippen LogP contribution in [0.25, 0.3) is 0 Å². The molecule has 1 aliphatic heterocycles. The lowest BCUT2D eigenvalue weighted by atomic mass is 10.2. The highest BCUT2D eigenvalue weighted by Gasteiger charge is 2.16. The monoisotopic (exact) mass is 221 g/mol. The van der Waals surface area contributed by atoms with Crippen molar-refractivity contribution in [3.63, 3.8) is 0 Å². The molecule has 1 atom stereocenters. The van der Waals surface area contributed by atoms with Crippen molar-refractivity contribution in [2.75, 3.05) is 18.9 Å². The fourth-order valence-corrected chi connectivity index (χ4v) is 1.67. The molecule has 5 heteroatoms. The van der Waals surface area contributed by atoms with Crippen molar-refractivity contribution < 1.29 is 9.53 Å². The third kappa shape index (κ3) is 2.70. The number of aromatic nitrogens is 1. The number of carbonyl (C=O) groups is 1. The number of amides is 1. The molecule has 1 aromatic heterocycles. The Labute approximate surface area is 94.0 Å². The zero-order valence-corrected chi connectivity index (χ0v) is 8.98. The average molecular weight is 221 g/mol. The van der Waals surface area contributed by atoms with Crippen molar-refractivity contribution in [1.82, 2.24) is 10.3 Å². The lowest BCUT2D eigenvalue weighted by molar-refractivity contribution is 0.0854. The number of carbonyl (C=O) groups excluding carboxylic acids is 1. The van der Waals surface area contributed by atoms with Crippen LogP contribution in [-0.4, -0.2) is 30.1 Å². The summed E-state index contributed by atoms with van der Waals surface area (Å²) < 4.78 is 5.40. The van der Waals surface area contributed by atoms with Gasteiger partial charge in [0.25, 0.3) is 5.91 Å². The normalized spacial score (nSPS) is 19.6. The third-order valence-electron chi connectivity index (χ3n) is 2.53.